The third kappa shape index (κ3) is 3.36. The molecule has 4 rings (SSSR count). The standard InChI is InChI=1S/C22H20N2O4S2/c1-23-15-7-5-4-6-14(15)18(20(23)25)19-21(26)24(22(29)30-19)11-10-13-8-9-16(27-2)17(12-13)28-3/h4-9,12H,10-11H2,1-3H3. The van der Waals surface area contributed by atoms with Crippen LogP contribution in [0, 0.1) is 0 Å². The molecular formula is C22H20N2O4S2. The van der Waals surface area contributed by atoms with Crippen LogP contribution in [0.1, 0.15) is 11.1 Å². The number of ether oxygens (including phenoxy) is 2. The molecule has 6 nitrogen and oxygen atoms in total. The zero-order valence-electron chi connectivity index (χ0n) is 16.8. The van der Waals surface area contributed by atoms with Crippen LogP contribution in [0.3, 0.4) is 0 Å². The average molecular weight is 441 g/mol. The molecule has 1 saturated heterocycles. The van der Waals surface area contributed by atoms with Crippen molar-refractivity contribution in [1.29, 1.82) is 0 Å². The summed E-state index contributed by atoms with van der Waals surface area (Å²) in [5.41, 5.74) is 2.99. The first kappa shape index (κ1) is 20.4. The van der Waals surface area contributed by atoms with E-state index in [0.717, 1.165) is 16.8 Å². The lowest BCUT2D eigenvalue weighted by Gasteiger charge is -2.15. The number of amides is 2. The summed E-state index contributed by atoms with van der Waals surface area (Å²) in [5.74, 6) is 0.883. The molecule has 0 saturated carbocycles. The van der Waals surface area contributed by atoms with Gasteiger partial charge in [0.15, 0.2) is 11.5 Å². The second kappa shape index (κ2) is 8.12. The molecule has 2 amide bonds. The Morgan fingerprint density at radius 2 is 1.73 bits per heavy atom. The van der Waals surface area contributed by atoms with E-state index < -0.39 is 0 Å². The van der Waals surface area contributed by atoms with Crippen LogP contribution >= 0.6 is 24.0 Å². The monoisotopic (exact) mass is 440 g/mol. The number of carbonyl (C=O) groups is 2. The van der Waals surface area contributed by atoms with E-state index in [1.807, 2.05) is 42.5 Å². The first-order valence-electron chi connectivity index (χ1n) is 9.32. The Morgan fingerprint density at radius 3 is 2.47 bits per heavy atom. The van der Waals surface area contributed by atoms with Gasteiger partial charge >= 0.3 is 0 Å². The molecule has 0 bridgehead atoms. The van der Waals surface area contributed by atoms with Crippen molar-refractivity contribution in [3.05, 3.63) is 58.5 Å². The van der Waals surface area contributed by atoms with Crippen LogP contribution in [0.5, 0.6) is 11.5 Å². The van der Waals surface area contributed by atoms with E-state index in [2.05, 4.69) is 0 Å². The molecule has 8 heteroatoms. The molecule has 2 aliphatic rings. The number of para-hydroxylation sites is 1. The fourth-order valence-electron chi connectivity index (χ4n) is 3.61. The molecule has 30 heavy (non-hydrogen) atoms. The maximum Gasteiger partial charge on any atom is 0.267 e. The van der Waals surface area contributed by atoms with Crippen molar-refractivity contribution in [2.45, 2.75) is 6.42 Å². The van der Waals surface area contributed by atoms with Crippen molar-refractivity contribution in [3.63, 3.8) is 0 Å². The summed E-state index contributed by atoms with van der Waals surface area (Å²) in [6.45, 7) is 0.419. The van der Waals surface area contributed by atoms with E-state index in [1.54, 1.807) is 31.1 Å². The number of rotatable bonds is 5. The minimum Gasteiger partial charge on any atom is -0.493 e. The molecule has 0 N–H and O–H groups in total. The largest absolute Gasteiger partial charge is 0.493 e. The molecule has 0 spiro atoms. The molecule has 154 valence electrons. The normalized spacial score (nSPS) is 18.3. The number of carbonyl (C=O) groups excluding carboxylic acids is 2. The van der Waals surface area contributed by atoms with Crippen LogP contribution < -0.4 is 14.4 Å². The zero-order chi connectivity index (χ0) is 21.4. The maximum atomic E-state index is 13.2. The number of methoxy groups -OCH3 is 2. The summed E-state index contributed by atoms with van der Waals surface area (Å²) >= 11 is 6.66. The molecule has 0 atom stereocenters. The van der Waals surface area contributed by atoms with Crippen LogP contribution in [0.25, 0.3) is 5.57 Å². The van der Waals surface area contributed by atoms with Crippen molar-refractivity contribution in [3.8, 4) is 11.5 Å². The molecule has 0 aromatic heterocycles. The number of hydrogen-bond acceptors (Lipinski definition) is 6. The highest BCUT2D eigenvalue weighted by atomic mass is 32.2. The maximum absolute atomic E-state index is 13.2. The van der Waals surface area contributed by atoms with Crippen molar-refractivity contribution < 1.29 is 19.1 Å². The lowest BCUT2D eigenvalue weighted by atomic mass is 10.1. The topological polar surface area (TPSA) is 59.1 Å². The number of thioether (sulfide) groups is 1. The SMILES string of the molecule is COc1ccc(CCN2C(=O)C(=C3C(=O)N(C)c4ccccc43)SC2=S)cc1OC. The molecule has 0 unspecified atom stereocenters. The Hall–Kier alpha value is -2.84. The zero-order valence-corrected chi connectivity index (χ0v) is 18.4. The molecule has 2 aliphatic heterocycles. The van der Waals surface area contributed by atoms with Crippen LogP contribution in [0.2, 0.25) is 0 Å². The van der Waals surface area contributed by atoms with Crippen LogP contribution in [0.15, 0.2) is 47.4 Å². The van der Waals surface area contributed by atoms with Gasteiger partial charge in [-0.3, -0.25) is 14.5 Å². The highest BCUT2D eigenvalue weighted by Gasteiger charge is 2.40. The fourth-order valence-corrected chi connectivity index (χ4v) is 4.99. The average Bonchev–Trinajstić information content (AvgIpc) is 3.18. The number of anilines is 1. The van der Waals surface area contributed by atoms with Gasteiger partial charge in [0.1, 0.15) is 4.32 Å². The summed E-state index contributed by atoms with van der Waals surface area (Å²) in [5, 5.41) is 0. The van der Waals surface area contributed by atoms with E-state index in [0.29, 0.717) is 39.3 Å². The van der Waals surface area contributed by atoms with Crippen LogP contribution in [-0.2, 0) is 16.0 Å². The summed E-state index contributed by atoms with van der Waals surface area (Å²) in [6.07, 6.45) is 0.597. The third-order valence-electron chi connectivity index (χ3n) is 5.20. The van der Waals surface area contributed by atoms with Gasteiger partial charge in [-0.1, -0.05) is 48.2 Å². The Kier molecular flexibility index (Phi) is 5.53. The number of hydrogen-bond donors (Lipinski definition) is 0. The number of thiocarbonyl (C=S) groups is 1. The third-order valence-corrected chi connectivity index (χ3v) is 6.65. The smallest absolute Gasteiger partial charge is 0.267 e. The van der Waals surface area contributed by atoms with Crippen molar-refractivity contribution in [2.24, 2.45) is 0 Å². The Bertz CT molecular complexity index is 1100. The van der Waals surface area contributed by atoms with E-state index in [4.69, 9.17) is 21.7 Å². The van der Waals surface area contributed by atoms with Gasteiger partial charge < -0.3 is 14.4 Å². The Balaban J connectivity index is 1.59. The Labute approximate surface area is 184 Å². The van der Waals surface area contributed by atoms with Gasteiger partial charge in [0.2, 0.25) is 0 Å². The minimum atomic E-state index is -0.223. The first-order chi connectivity index (χ1) is 14.5. The predicted molar refractivity (Wildman–Crippen MR) is 122 cm³/mol. The quantitative estimate of drug-likeness (QED) is 0.524. The number of nitrogens with zero attached hydrogens (tertiary/aromatic N) is 2. The van der Waals surface area contributed by atoms with Gasteiger partial charge in [0.25, 0.3) is 11.8 Å². The van der Waals surface area contributed by atoms with Gasteiger partial charge in [0, 0.05) is 19.2 Å². The van der Waals surface area contributed by atoms with Crippen LogP contribution in [0.4, 0.5) is 5.69 Å². The van der Waals surface area contributed by atoms with E-state index in [9.17, 15) is 9.59 Å². The van der Waals surface area contributed by atoms with Gasteiger partial charge in [-0.05, 0) is 30.2 Å². The van der Waals surface area contributed by atoms with Gasteiger partial charge in [-0.2, -0.15) is 0 Å². The highest BCUT2D eigenvalue weighted by molar-refractivity contribution is 8.26. The van der Waals surface area contributed by atoms with Crippen molar-refractivity contribution in [1.82, 2.24) is 4.90 Å². The van der Waals surface area contributed by atoms with Crippen molar-refractivity contribution in [2.75, 3.05) is 32.7 Å². The molecule has 0 aliphatic carbocycles. The van der Waals surface area contributed by atoms with E-state index >= 15 is 0 Å². The number of fused-ring (bicyclic) bond motifs is 1. The molecule has 2 aromatic rings. The second-order valence-corrected chi connectivity index (χ2v) is 8.49. The summed E-state index contributed by atoms with van der Waals surface area (Å²) < 4.78 is 11.1. The van der Waals surface area contributed by atoms with Crippen LogP contribution in [-0.4, -0.2) is 48.8 Å². The lowest BCUT2D eigenvalue weighted by molar-refractivity contribution is -0.122. The predicted octanol–water partition coefficient (Wildman–Crippen LogP) is 3.49. The minimum absolute atomic E-state index is 0.184. The summed E-state index contributed by atoms with van der Waals surface area (Å²) in [6, 6.07) is 13.1. The molecule has 2 aromatic carbocycles. The van der Waals surface area contributed by atoms with Gasteiger partial charge in [-0.15, -0.1) is 0 Å². The lowest BCUT2D eigenvalue weighted by Crippen LogP contribution is -2.30. The van der Waals surface area contributed by atoms with E-state index in [1.165, 1.54) is 11.8 Å². The van der Waals surface area contributed by atoms with Gasteiger partial charge in [0.05, 0.1) is 30.4 Å². The Morgan fingerprint density at radius 1 is 1.00 bits per heavy atom. The second-order valence-electron chi connectivity index (χ2n) is 6.85. The summed E-state index contributed by atoms with van der Waals surface area (Å²) in [7, 11) is 4.89. The first-order valence-corrected chi connectivity index (χ1v) is 10.5. The number of benzene rings is 2. The fraction of sp³-hybridized carbons (Fsp3) is 0.227. The molecule has 2 heterocycles. The van der Waals surface area contributed by atoms with Crippen molar-refractivity contribution >= 4 is 51.4 Å². The van der Waals surface area contributed by atoms with E-state index in [-0.39, 0.29) is 11.8 Å². The highest BCUT2D eigenvalue weighted by Crippen LogP contribution is 2.44. The molecule has 0 radical (unpaired) electrons. The summed E-state index contributed by atoms with van der Waals surface area (Å²) in [4.78, 5) is 29.5. The molecular weight excluding hydrogens is 420 g/mol. The molecule has 1 fully saturated rings. The van der Waals surface area contributed by atoms with Gasteiger partial charge in [-0.25, -0.2) is 0 Å². The number of likely N-dealkylation sites (N-methyl/N-ethyl adjacent to an activating group) is 1.